The highest BCUT2D eigenvalue weighted by Gasteiger charge is 2.43. The maximum atomic E-state index is 12.2. The summed E-state index contributed by atoms with van der Waals surface area (Å²) in [6.45, 7) is 6.04. The third-order valence-corrected chi connectivity index (χ3v) is 3.26. The number of nitriles is 1. The summed E-state index contributed by atoms with van der Waals surface area (Å²) in [6.07, 6.45) is 2.61. The summed E-state index contributed by atoms with van der Waals surface area (Å²) >= 11 is 5.78. The molecule has 0 N–H and O–H groups in total. The molecular weight excluding hydrogens is 252 g/mol. The van der Waals surface area contributed by atoms with Crippen LogP contribution >= 0.6 is 11.6 Å². The number of nitrogens with zero attached hydrogens (tertiary/aromatic N) is 2. The lowest BCUT2D eigenvalue weighted by Crippen LogP contribution is -2.55. The van der Waals surface area contributed by atoms with Gasteiger partial charge in [0.15, 0.2) is 0 Å². The van der Waals surface area contributed by atoms with Crippen LogP contribution < -0.4 is 0 Å². The van der Waals surface area contributed by atoms with Crippen molar-refractivity contribution in [2.24, 2.45) is 0 Å². The van der Waals surface area contributed by atoms with Gasteiger partial charge in [-0.3, -0.25) is 4.90 Å². The highest BCUT2D eigenvalue weighted by Crippen LogP contribution is 2.32. The molecule has 1 saturated heterocycles. The minimum absolute atomic E-state index is 0.368. The predicted molar refractivity (Wildman–Crippen MR) is 70.5 cm³/mol. The van der Waals surface area contributed by atoms with E-state index in [1.165, 1.54) is 0 Å². The lowest BCUT2D eigenvalue weighted by molar-refractivity contribution is -0.00298. The Balaban J connectivity index is 2.88. The van der Waals surface area contributed by atoms with Crippen molar-refractivity contribution < 1.29 is 9.53 Å². The van der Waals surface area contributed by atoms with Gasteiger partial charge in [-0.05, 0) is 46.5 Å². The van der Waals surface area contributed by atoms with Crippen LogP contribution in [-0.4, -0.2) is 34.6 Å². The normalized spacial score (nSPS) is 24.5. The topological polar surface area (TPSA) is 53.3 Å². The van der Waals surface area contributed by atoms with E-state index in [4.69, 9.17) is 16.3 Å². The summed E-state index contributed by atoms with van der Waals surface area (Å²) in [7, 11) is 0. The van der Waals surface area contributed by atoms with E-state index in [0.717, 1.165) is 12.8 Å². The van der Waals surface area contributed by atoms with Crippen molar-refractivity contribution in [3.63, 3.8) is 0 Å². The monoisotopic (exact) mass is 272 g/mol. The first-order chi connectivity index (χ1) is 8.34. The number of ether oxygens (including phenoxy) is 1. The number of hydrogen-bond acceptors (Lipinski definition) is 3. The van der Waals surface area contributed by atoms with Crippen LogP contribution in [0.1, 0.15) is 46.5 Å². The second-order valence-corrected chi connectivity index (χ2v) is 6.05. The molecule has 4 nitrogen and oxygen atoms in total. The first-order valence-electron chi connectivity index (χ1n) is 6.32. The van der Waals surface area contributed by atoms with Crippen LogP contribution in [0.5, 0.6) is 0 Å². The summed E-state index contributed by atoms with van der Waals surface area (Å²) in [5.41, 5.74) is -1.33. The van der Waals surface area contributed by atoms with E-state index in [9.17, 15) is 10.1 Å². The maximum absolute atomic E-state index is 12.2. The van der Waals surface area contributed by atoms with Crippen molar-refractivity contribution >= 4 is 17.7 Å². The average molecular weight is 273 g/mol. The summed E-state index contributed by atoms with van der Waals surface area (Å²) in [6, 6.07) is 2.28. The van der Waals surface area contributed by atoms with Gasteiger partial charge in [-0.1, -0.05) is 0 Å². The molecule has 1 rings (SSSR count). The van der Waals surface area contributed by atoms with Gasteiger partial charge in [0.2, 0.25) is 0 Å². The first kappa shape index (κ1) is 15.1. The zero-order chi connectivity index (χ0) is 13.8. The minimum Gasteiger partial charge on any atom is -0.444 e. The molecule has 0 bridgehead atoms. The Labute approximate surface area is 114 Å². The van der Waals surface area contributed by atoms with Gasteiger partial charge in [0.05, 0.1) is 6.07 Å². The Kier molecular flexibility index (Phi) is 4.86. The zero-order valence-electron chi connectivity index (χ0n) is 11.3. The Morgan fingerprint density at radius 2 is 2.17 bits per heavy atom. The molecule has 0 aromatic rings. The van der Waals surface area contributed by atoms with Crippen molar-refractivity contribution in [3.05, 3.63) is 0 Å². The number of likely N-dealkylation sites (tertiary alicyclic amines) is 1. The molecule has 18 heavy (non-hydrogen) atoms. The number of rotatable bonds is 2. The van der Waals surface area contributed by atoms with Crippen molar-refractivity contribution in [2.45, 2.75) is 57.6 Å². The fourth-order valence-corrected chi connectivity index (χ4v) is 2.52. The standard InChI is InChI=1S/C13H21ClN2O2/c1-12(2,3)18-11(17)16-9-5-4-6-13(16,10-15)7-8-14/h4-9H2,1-3H3. The molecule has 1 amide bonds. The Morgan fingerprint density at radius 3 is 2.67 bits per heavy atom. The lowest BCUT2D eigenvalue weighted by atomic mass is 9.86. The van der Waals surface area contributed by atoms with Gasteiger partial charge < -0.3 is 4.74 Å². The van der Waals surface area contributed by atoms with Crippen LogP contribution in [0.25, 0.3) is 0 Å². The Bertz CT molecular complexity index is 342. The predicted octanol–water partition coefficient (Wildman–Crippen LogP) is 3.30. The molecule has 0 radical (unpaired) electrons. The molecule has 1 atom stereocenters. The molecule has 0 saturated carbocycles. The van der Waals surface area contributed by atoms with E-state index in [0.29, 0.717) is 25.3 Å². The van der Waals surface area contributed by atoms with E-state index in [1.807, 2.05) is 20.8 Å². The number of amides is 1. The minimum atomic E-state index is -0.789. The largest absolute Gasteiger partial charge is 0.444 e. The first-order valence-corrected chi connectivity index (χ1v) is 6.86. The molecule has 1 aliphatic heterocycles. The highest BCUT2D eigenvalue weighted by molar-refractivity contribution is 6.17. The van der Waals surface area contributed by atoms with Crippen LogP contribution in [0.4, 0.5) is 4.79 Å². The van der Waals surface area contributed by atoms with Crippen molar-refractivity contribution in [3.8, 4) is 6.07 Å². The second kappa shape index (κ2) is 5.79. The third-order valence-electron chi connectivity index (χ3n) is 3.07. The number of carbonyl (C=O) groups is 1. The van der Waals surface area contributed by atoms with Crippen LogP contribution in [0, 0.1) is 11.3 Å². The van der Waals surface area contributed by atoms with Crippen molar-refractivity contribution in [2.75, 3.05) is 12.4 Å². The molecule has 0 aliphatic carbocycles. The quantitative estimate of drug-likeness (QED) is 0.725. The molecule has 5 heteroatoms. The number of halogens is 1. The van der Waals surface area contributed by atoms with E-state index < -0.39 is 17.2 Å². The molecule has 1 heterocycles. The molecule has 0 aromatic carbocycles. The summed E-state index contributed by atoms with van der Waals surface area (Å²) < 4.78 is 5.37. The number of alkyl halides is 1. The Hall–Kier alpha value is -0.950. The van der Waals surface area contributed by atoms with Gasteiger partial charge in [-0.25, -0.2) is 4.79 Å². The molecule has 1 aliphatic rings. The Morgan fingerprint density at radius 1 is 1.50 bits per heavy atom. The molecule has 102 valence electrons. The lowest BCUT2D eigenvalue weighted by Gasteiger charge is -2.42. The number of hydrogen-bond donors (Lipinski definition) is 0. The van der Waals surface area contributed by atoms with Gasteiger partial charge in [-0.15, -0.1) is 11.6 Å². The van der Waals surface area contributed by atoms with Crippen molar-refractivity contribution in [1.82, 2.24) is 4.90 Å². The number of carbonyl (C=O) groups excluding carboxylic acids is 1. The van der Waals surface area contributed by atoms with Gasteiger partial charge in [-0.2, -0.15) is 5.26 Å². The average Bonchev–Trinajstić information content (AvgIpc) is 2.27. The zero-order valence-corrected chi connectivity index (χ0v) is 12.1. The van der Waals surface area contributed by atoms with E-state index in [2.05, 4.69) is 6.07 Å². The van der Waals surface area contributed by atoms with E-state index >= 15 is 0 Å². The van der Waals surface area contributed by atoms with Crippen LogP contribution in [0.15, 0.2) is 0 Å². The molecule has 1 fully saturated rings. The van der Waals surface area contributed by atoms with Crippen molar-refractivity contribution in [1.29, 1.82) is 5.26 Å². The summed E-state index contributed by atoms with van der Waals surface area (Å²) in [5, 5.41) is 9.43. The molecule has 0 spiro atoms. The van der Waals surface area contributed by atoms with Gasteiger partial charge in [0.25, 0.3) is 0 Å². The second-order valence-electron chi connectivity index (χ2n) is 5.67. The van der Waals surface area contributed by atoms with Crippen LogP contribution in [0.2, 0.25) is 0 Å². The smallest absolute Gasteiger partial charge is 0.411 e. The molecule has 0 aromatic heterocycles. The van der Waals surface area contributed by atoms with Crippen LogP contribution in [0.3, 0.4) is 0 Å². The fourth-order valence-electron chi connectivity index (χ4n) is 2.21. The maximum Gasteiger partial charge on any atom is 0.411 e. The number of piperidine rings is 1. The van der Waals surface area contributed by atoms with Crippen LogP contribution in [-0.2, 0) is 4.74 Å². The summed E-state index contributed by atoms with van der Waals surface area (Å²) in [5.74, 6) is 0.368. The SMILES string of the molecule is CC(C)(C)OC(=O)N1CCCCC1(C#N)CCCl. The third kappa shape index (κ3) is 3.52. The fraction of sp³-hybridized carbons (Fsp3) is 0.846. The highest BCUT2D eigenvalue weighted by atomic mass is 35.5. The van der Waals surface area contributed by atoms with E-state index in [-0.39, 0.29) is 0 Å². The van der Waals surface area contributed by atoms with Gasteiger partial charge in [0.1, 0.15) is 11.1 Å². The molecule has 1 unspecified atom stereocenters. The van der Waals surface area contributed by atoms with E-state index in [1.54, 1.807) is 4.90 Å². The summed E-state index contributed by atoms with van der Waals surface area (Å²) in [4.78, 5) is 13.7. The molecular formula is C13H21ClN2O2. The van der Waals surface area contributed by atoms with Gasteiger partial charge in [0, 0.05) is 12.4 Å². The van der Waals surface area contributed by atoms with Gasteiger partial charge >= 0.3 is 6.09 Å².